The standard InChI is InChI=1S/C23H25N5OS/c1-17-14-19(11-10-18(17)6-5-13-29)25-16-22-26-27-23(30-21-8-2-3-9-21)28(22)20-7-4-12-24-15-20/h4,7,10-12,14-15,21,25,29H,2-3,8-9,13,16H2,1H3. The molecular weight excluding hydrogens is 394 g/mol. The molecule has 7 heteroatoms. The molecule has 2 heterocycles. The fourth-order valence-corrected chi connectivity index (χ4v) is 4.89. The first-order chi connectivity index (χ1) is 14.7. The average Bonchev–Trinajstić information content (AvgIpc) is 3.42. The van der Waals surface area contributed by atoms with Crippen molar-refractivity contribution in [1.82, 2.24) is 19.7 Å². The number of nitrogens with zero attached hydrogens (tertiary/aromatic N) is 4. The van der Waals surface area contributed by atoms with E-state index in [0.717, 1.165) is 33.5 Å². The number of aromatic nitrogens is 4. The predicted octanol–water partition coefficient (Wildman–Crippen LogP) is 3.96. The molecule has 1 aromatic carbocycles. The van der Waals surface area contributed by atoms with E-state index < -0.39 is 0 Å². The Hall–Kier alpha value is -2.82. The summed E-state index contributed by atoms with van der Waals surface area (Å²) in [5.74, 6) is 6.52. The smallest absolute Gasteiger partial charge is 0.196 e. The van der Waals surface area contributed by atoms with Crippen molar-refractivity contribution in [2.45, 2.75) is 49.6 Å². The van der Waals surface area contributed by atoms with Crippen LogP contribution in [0.15, 0.2) is 47.9 Å². The molecular formula is C23H25N5OS. The first-order valence-electron chi connectivity index (χ1n) is 10.2. The number of nitrogens with one attached hydrogen (secondary N) is 1. The van der Waals surface area contributed by atoms with Crippen molar-refractivity contribution >= 4 is 17.4 Å². The SMILES string of the molecule is Cc1cc(NCc2nnc(SC3CCCC3)n2-c2cccnc2)ccc1C#CCO. The fraction of sp³-hybridized carbons (Fsp3) is 0.348. The van der Waals surface area contributed by atoms with E-state index in [4.69, 9.17) is 5.11 Å². The van der Waals surface area contributed by atoms with Crippen molar-refractivity contribution in [1.29, 1.82) is 0 Å². The van der Waals surface area contributed by atoms with Gasteiger partial charge in [-0.15, -0.1) is 10.2 Å². The van der Waals surface area contributed by atoms with Crippen LogP contribution >= 0.6 is 11.8 Å². The van der Waals surface area contributed by atoms with Gasteiger partial charge in [0.2, 0.25) is 0 Å². The molecule has 0 saturated heterocycles. The van der Waals surface area contributed by atoms with Crippen molar-refractivity contribution in [2.75, 3.05) is 11.9 Å². The lowest BCUT2D eigenvalue weighted by Gasteiger charge is -2.13. The van der Waals surface area contributed by atoms with Crippen LogP contribution in [0, 0.1) is 18.8 Å². The molecule has 1 saturated carbocycles. The van der Waals surface area contributed by atoms with Crippen LogP contribution in [0.5, 0.6) is 0 Å². The van der Waals surface area contributed by atoms with Crippen molar-refractivity contribution in [2.24, 2.45) is 0 Å². The molecule has 154 valence electrons. The van der Waals surface area contributed by atoms with Crippen LogP contribution in [-0.2, 0) is 6.54 Å². The third-order valence-corrected chi connectivity index (χ3v) is 6.44. The van der Waals surface area contributed by atoms with Crippen LogP contribution < -0.4 is 5.32 Å². The highest BCUT2D eigenvalue weighted by molar-refractivity contribution is 7.99. The number of aryl methyl sites for hydroxylation is 1. The van der Waals surface area contributed by atoms with E-state index >= 15 is 0 Å². The second-order valence-electron chi connectivity index (χ2n) is 7.31. The van der Waals surface area contributed by atoms with Gasteiger partial charge in [-0.3, -0.25) is 9.55 Å². The molecule has 1 fully saturated rings. The number of anilines is 1. The monoisotopic (exact) mass is 419 g/mol. The fourth-order valence-electron chi connectivity index (χ4n) is 3.62. The minimum atomic E-state index is -0.134. The lowest BCUT2D eigenvalue weighted by molar-refractivity contribution is 0.350. The molecule has 2 N–H and O–H groups in total. The van der Waals surface area contributed by atoms with Crippen LogP contribution in [-0.4, -0.2) is 36.7 Å². The molecule has 0 atom stereocenters. The normalized spacial score (nSPS) is 13.8. The summed E-state index contributed by atoms with van der Waals surface area (Å²) in [4.78, 5) is 4.28. The summed E-state index contributed by atoms with van der Waals surface area (Å²) in [5.41, 5.74) is 3.95. The van der Waals surface area contributed by atoms with Gasteiger partial charge in [0, 0.05) is 22.7 Å². The number of aliphatic hydroxyl groups is 1. The number of thioether (sulfide) groups is 1. The highest BCUT2D eigenvalue weighted by atomic mass is 32.2. The second kappa shape index (κ2) is 9.79. The third-order valence-electron chi connectivity index (χ3n) is 5.16. The van der Waals surface area contributed by atoms with E-state index in [0.29, 0.717) is 11.8 Å². The Morgan fingerprint density at radius 3 is 2.83 bits per heavy atom. The van der Waals surface area contributed by atoms with Gasteiger partial charge in [-0.2, -0.15) is 0 Å². The summed E-state index contributed by atoms with van der Waals surface area (Å²) >= 11 is 1.83. The van der Waals surface area contributed by atoms with Gasteiger partial charge in [-0.1, -0.05) is 36.4 Å². The third kappa shape index (κ3) is 4.84. The summed E-state index contributed by atoms with van der Waals surface area (Å²) in [6, 6.07) is 9.99. The minimum Gasteiger partial charge on any atom is -0.384 e. The summed E-state index contributed by atoms with van der Waals surface area (Å²) in [7, 11) is 0. The van der Waals surface area contributed by atoms with Gasteiger partial charge in [-0.25, -0.2) is 0 Å². The van der Waals surface area contributed by atoms with E-state index in [1.54, 1.807) is 6.20 Å². The molecule has 0 radical (unpaired) electrons. The van der Waals surface area contributed by atoms with Gasteiger partial charge in [0.15, 0.2) is 11.0 Å². The van der Waals surface area contributed by atoms with Crippen molar-refractivity contribution in [3.05, 3.63) is 59.7 Å². The summed E-state index contributed by atoms with van der Waals surface area (Å²) in [6.45, 7) is 2.43. The Morgan fingerprint density at radius 1 is 1.23 bits per heavy atom. The van der Waals surface area contributed by atoms with E-state index in [2.05, 4.69) is 43.0 Å². The van der Waals surface area contributed by atoms with Gasteiger partial charge in [0.1, 0.15) is 6.61 Å². The van der Waals surface area contributed by atoms with Crippen molar-refractivity contribution in [3.8, 4) is 17.5 Å². The van der Waals surface area contributed by atoms with Gasteiger partial charge < -0.3 is 10.4 Å². The zero-order chi connectivity index (χ0) is 20.8. The number of pyridine rings is 1. The largest absolute Gasteiger partial charge is 0.384 e. The number of rotatable bonds is 6. The zero-order valence-corrected chi connectivity index (χ0v) is 17.8. The number of hydrogen-bond donors (Lipinski definition) is 2. The predicted molar refractivity (Wildman–Crippen MR) is 120 cm³/mol. The zero-order valence-electron chi connectivity index (χ0n) is 17.0. The van der Waals surface area contributed by atoms with Crippen LogP contribution in [0.4, 0.5) is 5.69 Å². The minimum absolute atomic E-state index is 0.134. The van der Waals surface area contributed by atoms with Crippen LogP contribution in [0.2, 0.25) is 0 Å². The van der Waals surface area contributed by atoms with E-state index in [9.17, 15) is 0 Å². The average molecular weight is 420 g/mol. The Balaban J connectivity index is 1.55. The summed E-state index contributed by atoms with van der Waals surface area (Å²) in [5, 5.41) is 22.9. The van der Waals surface area contributed by atoms with Crippen molar-refractivity contribution < 1.29 is 5.11 Å². The quantitative estimate of drug-likeness (QED) is 0.589. The van der Waals surface area contributed by atoms with Crippen LogP contribution in [0.25, 0.3) is 5.69 Å². The molecule has 3 aromatic rings. The molecule has 0 spiro atoms. The highest BCUT2D eigenvalue weighted by Gasteiger charge is 2.22. The Morgan fingerprint density at radius 2 is 2.10 bits per heavy atom. The van der Waals surface area contributed by atoms with Gasteiger partial charge in [0.05, 0.1) is 18.4 Å². The van der Waals surface area contributed by atoms with Crippen LogP contribution in [0.1, 0.15) is 42.6 Å². The lowest BCUT2D eigenvalue weighted by Crippen LogP contribution is -2.09. The Labute approximate surface area is 181 Å². The van der Waals surface area contributed by atoms with E-state index in [1.807, 2.05) is 49.1 Å². The van der Waals surface area contributed by atoms with Crippen molar-refractivity contribution in [3.63, 3.8) is 0 Å². The molecule has 0 aliphatic heterocycles. The molecule has 30 heavy (non-hydrogen) atoms. The number of hydrogen-bond acceptors (Lipinski definition) is 6. The molecule has 0 bridgehead atoms. The maximum atomic E-state index is 8.89. The number of benzene rings is 1. The summed E-state index contributed by atoms with van der Waals surface area (Å²) in [6.07, 6.45) is 8.70. The van der Waals surface area contributed by atoms with E-state index in [-0.39, 0.29) is 6.61 Å². The maximum absolute atomic E-state index is 8.89. The van der Waals surface area contributed by atoms with Gasteiger partial charge in [-0.05, 0) is 55.7 Å². The maximum Gasteiger partial charge on any atom is 0.196 e. The molecule has 4 rings (SSSR count). The Bertz CT molecular complexity index is 1050. The van der Waals surface area contributed by atoms with Crippen LogP contribution in [0.3, 0.4) is 0 Å². The summed E-state index contributed by atoms with van der Waals surface area (Å²) < 4.78 is 2.11. The highest BCUT2D eigenvalue weighted by Crippen LogP contribution is 2.35. The first-order valence-corrected chi connectivity index (χ1v) is 11.1. The number of aliphatic hydroxyl groups excluding tert-OH is 1. The molecule has 2 aromatic heterocycles. The molecule has 0 amide bonds. The molecule has 1 aliphatic rings. The first kappa shape index (κ1) is 20.5. The lowest BCUT2D eigenvalue weighted by atomic mass is 10.1. The Kier molecular flexibility index (Phi) is 6.67. The molecule has 1 aliphatic carbocycles. The molecule has 6 nitrogen and oxygen atoms in total. The van der Waals surface area contributed by atoms with Gasteiger partial charge in [0.25, 0.3) is 0 Å². The molecule has 0 unspecified atom stereocenters. The van der Waals surface area contributed by atoms with Gasteiger partial charge >= 0.3 is 0 Å². The topological polar surface area (TPSA) is 75.9 Å². The second-order valence-corrected chi connectivity index (χ2v) is 8.58. The van der Waals surface area contributed by atoms with E-state index in [1.165, 1.54) is 25.7 Å².